The number of nitrogens with zero attached hydrogens (tertiary/aromatic N) is 5. The van der Waals surface area contributed by atoms with E-state index in [0.717, 1.165) is 17.7 Å². The van der Waals surface area contributed by atoms with Crippen LogP contribution in [0.4, 0.5) is 14.5 Å². The van der Waals surface area contributed by atoms with Crippen LogP contribution in [-0.2, 0) is 10.0 Å². The van der Waals surface area contributed by atoms with E-state index in [1.165, 1.54) is 12.1 Å². The Labute approximate surface area is 186 Å². The summed E-state index contributed by atoms with van der Waals surface area (Å²) in [6.07, 6.45) is 3.32. The van der Waals surface area contributed by atoms with Crippen LogP contribution in [0.2, 0.25) is 0 Å². The van der Waals surface area contributed by atoms with E-state index in [9.17, 15) is 17.2 Å². The molecule has 0 atom stereocenters. The predicted molar refractivity (Wildman–Crippen MR) is 117 cm³/mol. The number of halogens is 2. The van der Waals surface area contributed by atoms with Gasteiger partial charge in [-0.15, -0.1) is 10.2 Å². The van der Waals surface area contributed by atoms with Gasteiger partial charge in [-0.2, -0.15) is 9.61 Å². The van der Waals surface area contributed by atoms with Crippen molar-refractivity contribution in [1.82, 2.24) is 24.8 Å². The molecular formula is C22H14F2N6O2S. The van der Waals surface area contributed by atoms with Crippen molar-refractivity contribution in [2.75, 3.05) is 4.72 Å². The summed E-state index contributed by atoms with van der Waals surface area (Å²) in [5, 5.41) is 12.9. The molecule has 5 rings (SSSR count). The molecule has 0 aliphatic rings. The maximum Gasteiger partial charge on any atom is 0.264 e. The lowest BCUT2D eigenvalue weighted by molar-refractivity contribution is 0.551. The standard InChI is InChI=1S/C22H14F2N6O2S/c23-16-5-9-20(18(24)12-16)33(31,32)29-17-6-3-14(4-7-17)19-8-10-21-26-27-22(30(21)28-19)15-2-1-11-25-13-15/h1-13,29H. The molecule has 0 radical (unpaired) electrons. The fraction of sp³-hybridized carbons (Fsp3) is 0. The first-order chi connectivity index (χ1) is 15.9. The second-order valence-electron chi connectivity index (χ2n) is 7.01. The third kappa shape index (κ3) is 4.01. The number of fused-ring (bicyclic) bond motifs is 1. The van der Waals surface area contributed by atoms with E-state index in [1.807, 2.05) is 6.07 Å². The summed E-state index contributed by atoms with van der Waals surface area (Å²) in [7, 11) is -4.23. The van der Waals surface area contributed by atoms with Crippen LogP contribution >= 0.6 is 0 Å². The molecule has 2 aromatic carbocycles. The molecule has 0 saturated heterocycles. The number of anilines is 1. The van der Waals surface area contributed by atoms with Gasteiger partial charge in [-0.1, -0.05) is 12.1 Å². The minimum absolute atomic E-state index is 0.212. The van der Waals surface area contributed by atoms with Crippen LogP contribution in [0.25, 0.3) is 28.3 Å². The van der Waals surface area contributed by atoms with E-state index < -0.39 is 26.6 Å². The Kier molecular flexibility index (Phi) is 5.02. The molecule has 3 heterocycles. The van der Waals surface area contributed by atoms with Crippen LogP contribution in [0.1, 0.15) is 0 Å². The quantitative estimate of drug-likeness (QED) is 0.423. The number of aromatic nitrogens is 5. The van der Waals surface area contributed by atoms with Crippen molar-refractivity contribution < 1.29 is 17.2 Å². The van der Waals surface area contributed by atoms with Crippen LogP contribution in [-0.4, -0.2) is 33.2 Å². The second kappa shape index (κ2) is 8.02. The summed E-state index contributed by atoms with van der Waals surface area (Å²) in [5.41, 5.74) is 2.84. The van der Waals surface area contributed by atoms with Gasteiger partial charge in [0.1, 0.15) is 16.5 Å². The second-order valence-corrected chi connectivity index (χ2v) is 8.66. The first-order valence-corrected chi connectivity index (χ1v) is 11.1. The van der Waals surface area contributed by atoms with Gasteiger partial charge in [0.15, 0.2) is 11.5 Å². The molecule has 11 heteroatoms. The van der Waals surface area contributed by atoms with Crippen molar-refractivity contribution >= 4 is 21.4 Å². The summed E-state index contributed by atoms with van der Waals surface area (Å²) in [4.78, 5) is 3.45. The van der Waals surface area contributed by atoms with Crippen molar-refractivity contribution in [3.63, 3.8) is 0 Å². The molecule has 3 aromatic heterocycles. The first-order valence-electron chi connectivity index (χ1n) is 9.62. The van der Waals surface area contributed by atoms with Gasteiger partial charge in [0.2, 0.25) is 0 Å². The molecule has 5 aromatic rings. The lowest BCUT2D eigenvalue weighted by atomic mass is 10.1. The van der Waals surface area contributed by atoms with E-state index in [-0.39, 0.29) is 5.69 Å². The summed E-state index contributed by atoms with van der Waals surface area (Å²) >= 11 is 0. The molecule has 164 valence electrons. The summed E-state index contributed by atoms with van der Waals surface area (Å²) < 4.78 is 55.8. The number of hydrogen-bond donors (Lipinski definition) is 1. The molecule has 8 nitrogen and oxygen atoms in total. The SMILES string of the molecule is O=S(=O)(Nc1ccc(-c2ccc3nnc(-c4cccnc4)n3n2)cc1)c1ccc(F)cc1F. The van der Waals surface area contributed by atoms with Gasteiger partial charge in [0.05, 0.1) is 5.69 Å². The Morgan fingerprint density at radius 2 is 1.70 bits per heavy atom. The van der Waals surface area contributed by atoms with Crippen LogP contribution in [0, 0.1) is 11.6 Å². The lowest BCUT2D eigenvalue weighted by Crippen LogP contribution is -2.14. The van der Waals surface area contributed by atoms with Gasteiger partial charge in [-0.05, 0) is 48.5 Å². The molecule has 0 amide bonds. The molecule has 0 bridgehead atoms. The van der Waals surface area contributed by atoms with Crippen LogP contribution in [0.3, 0.4) is 0 Å². The Morgan fingerprint density at radius 3 is 2.42 bits per heavy atom. The predicted octanol–water partition coefficient (Wildman–Crippen LogP) is 3.93. The largest absolute Gasteiger partial charge is 0.280 e. The van der Waals surface area contributed by atoms with Crippen molar-refractivity contribution in [2.24, 2.45) is 0 Å². The number of nitrogens with one attached hydrogen (secondary N) is 1. The molecular weight excluding hydrogens is 450 g/mol. The monoisotopic (exact) mass is 464 g/mol. The third-order valence-corrected chi connectivity index (χ3v) is 6.21. The zero-order chi connectivity index (χ0) is 23.0. The van der Waals surface area contributed by atoms with Crippen LogP contribution in [0.15, 0.2) is 84.0 Å². The zero-order valence-corrected chi connectivity index (χ0v) is 17.5. The fourth-order valence-electron chi connectivity index (χ4n) is 3.23. The summed E-state index contributed by atoms with van der Waals surface area (Å²) in [5.74, 6) is -1.50. The highest BCUT2D eigenvalue weighted by atomic mass is 32.2. The number of pyridine rings is 1. The molecule has 1 N–H and O–H groups in total. The van der Waals surface area contributed by atoms with Gasteiger partial charge < -0.3 is 0 Å². The Bertz CT molecular complexity index is 1570. The summed E-state index contributed by atoms with van der Waals surface area (Å²) in [6, 6.07) is 15.8. The van der Waals surface area contributed by atoms with E-state index in [0.29, 0.717) is 28.8 Å². The molecule has 0 unspecified atom stereocenters. The maximum atomic E-state index is 13.9. The Morgan fingerprint density at radius 1 is 0.879 bits per heavy atom. The van der Waals surface area contributed by atoms with Gasteiger partial charge in [-0.3, -0.25) is 9.71 Å². The normalized spacial score (nSPS) is 11.6. The highest BCUT2D eigenvalue weighted by Gasteiger charge is 2.20. The fourth-order valence-corrected chi connectivity index (χ4v) is 4.35. The highest BCUT2D eigenvalue weighted by molar-refractivity contribution is 7.92. The highest BCUT2D eigenvalue weighted by Crippen LogP contribution is 2.24. The van der Waals surface area contributed by atoms with Crippen LogP contribution in [0.5, 0.6) is 0 Å². The number of benzene rings is 2. The average molecular weight is 464 g/mol. The zero-order valence-electron chi connectivity index (χ0n) is 16.7. The first kappa shape index (κ1) is 20.6. The molecule has 0 aliphatic heterocycles. The topological polar surface area (TPSA) is 102 Å². The third-order valence-electron chi connectivity index (χ3n) is 4.80. The van der Waals surface area contributed by atoms with Gasteiger partial charge in [0, 0.05) is 35.3 Å². The Hall–Kier alpha value is -4.25. The Balaban J connectivity index is 1.44. The molecule has 0 spiro atoms. The van der Waals surface area contributed by atoms with E-state index in [1.54, 1.807) is 47.2 Å². The van der Waals surface area contributed by atoms with Crippen molar-refractivity contribution in [2.45, 2.75) is 4.90 Å². The van der Waals surface area contributed by atoms with Gasteiger partial charge in [-0.25, -0.2) is 17.2 Å². The number of hydrogen-bond acceptors (Lipinski definition) is 6. The minimum Gasteiger partial charge on any atom is -0.280 e. The smallest absolute Gasteiger partial charge is 0.264 e. The molecule has 33 heavy (non-hydrogen) atoms. The van der Waals surface area contributed by atoms with Crippen molar-refractivity contribution in [1.29, 1.82) is 0 Å². The minimum atomic E-state index is -4.23. The van der Waals surface area contributed by atoms with E-state index in [2.05, 4.69) is 25.0 Å². The van der Waals surface area contributed by atoms with Gasteiger partial charge >= 0.3 is 0 Å². The van der Waals surface area contributed by atoms with E-state index >= 15 is 0 Å². The number of rotatable bonds is 5. The summed E-state index contributed by atoms with van der Waals surface area (Å²) in [6.45, 7) is 0. The van der Waals surface area contributed by atoms with Crippen LogP contribution < -0.4 is 4.72 Å². The van der Waals surface area contributed by atoms with Crippen molar-refractivity contribution in [3.05, 3.63) is 90.8 Å². The lowest BCUT2D eigenvalue weighted by Gasteiger charge is -2.10. The van der Waals surface area contributed by atoms with E-state index in [4.69, 9.17) is 0 Å². The number of sulfonamides is 1. The average Bonchev–Trinajstić information content (AvgIpc) is 3.23. The molecule has 0 saturated carbocycles. The molecule has 0 fully saturated rings. The maximum absolute atomic E-state index is 13.9. The van der Waals surface area contributed by atoms with Gasteiger partial charge in [0.25, 0.3) is 10.0 Å². The van der Waals surface area contributed by atoms with Crippen molar-refractivity contribution in [3.8, 4) is 22.6 Å². The molecule has 0 aliphatic carbocycles.